The Morgan fingerprint density at radius 2 is 2.00 bits per heavy atom. The second-order valence-corrected chi connectivity index (χ2v) is 6.71. The molecule has 0 spiro atoms. The Labute approximate surface area is 163 Å². The van der Waals surface area contributed by atoms with Gasteiger partial charge < -0.3 is 9.84 Å². The highest BCUT2D eigenvalue weighted by molar-refractivity contribution is 5.97. The van der Waals surface area contributed by atoms with E-state index < -0.39 is 5.97 Å². The average molecular weight is 380 g/mol. The minimum absolute atomic E-state index is 0.0220. The van der Waals surface area contributed by atoms with Gasteiger partial charge in [-0.1, -0.05) is 19.1 Å². The molecule has 0 amide bonds. The van der Waals surface area contributed by atoms with Crippen molar-refractivity contribution in [3.63, 3.8) is 0 Å². The summed E-state index contributed by atoms with van der Waals surface area (Å²) in [4.78, 5) is 28.9. The van der Waals surface area contributed by atoms with Gasteiger partial charge in [-0.2, -0.15) is 0 Å². The van der Waals surface area contributed by atoms with E-state index in [2.05, 4.69) is 4.98 Å². The number of benzene rings is 1. The number of carbonyl (C=O) groups excluding carboxylic acids is 1. The molecule has 28 heavy (non-hydrogen) atoms. The van der Waals surface area contributed by atoms with Gasteiger partial charge in [0.1, 0.15) is 5.69 Å². The smallest absolute Gasteiger partial charge is 0.335 e. The fourth-order valence-electron chi connectivity index (χ4n) is 3.50. The van der Waals surface area contributed by atoms with E-state index in [-0.39, 0.29) is 23.7 Å². The molecule has 1 N–H and O–H groups in total. The number of ether oxygens (including phenoxy) is 1. The van der Waals surface area contributed by atoms with Gasteiger partial charge in [0.2, 0.25) is 0 Å². The summed E-state index contributed by atoms with van der Waals surface area (Å²) >= 11 is 0. The number of Topliss-reactive ketones (excluding diaryl/α,β-unsaturated/α-hetero) is 1. The van der Waals surface area contributed by atoms with Crippen molar-refractivity contribution in [3.8, 4) is 5.75 Å². The minimum Gasteiger partial charge on any atom is -0.490 e. The summed E-state index contributed by atoms with van der Waals surface area (Å²) in [6.45, 7) is 6.25. The molecule has 3 rings (SSSR count). The third-order valence-electron chi connectivity index (χ3n) is 4.88. The van der Waals surface area contributed by atoms with E-state index in [4.69, 9.17) is 4.74 Å². The molecule has 0 bridgehead atoms. The van der Waals surface area contributed by atoms with Gasteiger partial charge in [-0.05, 0) is 56.0 Å². The van der Waals surface area contributed by atoms with Crippen LogP contribution >= 0.6 is 0 Å². The van der Waals surface area contributed by atoms with E-state index in [0.29, 0.717) is 29.4 Å². The van der Waals surface area contributed by atoms with Crippen molar-refractivity contribution < 1.29 is 19.4 Å². The van der Waals surface area contributed by atoms with Gasteiger partial charge in [0, 0.05) is 12.6 Å². The molecule has 6 heteroatoms. The van der Waals surface area contributed by atoms with Crippen molar-refractivity contribution in [2.24, 2.45) is 0 Å². The molecular formula is C22H24N2O4. The third kappa shape index (κ3) is 3.76. The van der Waals surface area contributed by atoms with Gasteiger partial charge in [-0.15, -0.1) is 0 Å². The Hall–Kier alpha value is -3.15. The molecule has 0 saturated heterocycles. The SMILES string of the molecule is CCOc1cccn2c(C(=O)C[C@@H](CC)c3cccc(C(=O)O)c3)c(C)nc12. The number of hydrogen-bond donors (Lipinski definition) is 1. The van der Waals surface area contributed by atoms with E-state index in [1.807, 2.05) is 45.2 Å². The lowest BCUT2D eigenvalue weighted by atomic mass is 9.89. The molecule has 6 nitrogen and oxygen atoms in total. The van der Waals surface area contributed by atoms with Crippen LogP contribution < -0.4 is 4.74 Å². The van der Waals surface area contributed by atoms with Crippen LogP contribution in [0.5, 0.6) is 5.75 Å². The van der Waals surface area contributed by atoms with E-state index >= 15 is 0 Å². The number of carboxylic acids is 1. The number of aryl methyl sites for hydroxylation is 1. The third-order valence-corrected chi connectivity index (χ3v) is 4.88. The molecule has 1 atom stereocenters. The topological polar surface area (TPSA) is 80.9 Å². The molecule has 0 aliphatic carbocycles. The molecule has 0 radical (unpaired) electrons. The number of carbonyl (C=O) groups is 2. The first-order chi connectivity index (χ1) is 13.5. The van der Waals surface area contributed by atoms with Crippen LogP contribution in [0.25, 0.3) is 5.65 Å². The second kappa shape index (κ2) is 8.25. The molecule has 0 aliphatic rings. The summed E-state index contributed by atoms with van der Waals surface area (Å²) in [6.07, 6.45) is 2.83. The number of aromatic carboxylic acids is 1. The van der Waals surface area contributed by atoms with Crippen molar-refractivity contribution in [3.05, 3.63) is 65.1 Å². The fourth-order valence-corrected chi connectivity index (χ4v) is 3.50. The highest BCUT2D eigenvalue weighted by Gasteiger charge is 2.22. The predicted molar refractivity (Wildman–Crippen MR) is 106 cm³/mol. The lowest BCUT2D eigenvalue weighted by molar-refractivity contribution is 0.0696. The zero-order chi connectivity index (χ0) is 20.3. The summed E-state index contributed by atoms with van der Waals surface area (Å²) in [5.41, 5.74) is 2.93. The normalized spacial score (nSPS) is 12.1. The van der Waals surface area contributed by atoms with E-state index in [9.17, 15) is 14.7 Å². The van der Waals surface area contributed by atoms with Crippen LogP contribution in [0.3, 0.4) is 0 Å². The summed E-state index contributed by atoms with van der Waals surface area (Å²) in [5.74, 6) is -0.407. The average Bonchev–Trinajstić information content (AvgIpc) is 3.03. The van der Waals surface area contributed by atoms with Gasteiger partial charge >= 0.3 is 5.97 Å². The van der Waals surface area contributed by atoms with Crippen LogP contribution in [-0.4, -0.2) is 32.9 Å². The van der Waals surface area contributed by atoms with Crippen molar-refractivity contribution in [2.45, 2.75) is 39.5 Å². The van der Waals surface area contributed by atoms with Crippen molar-refractivity contribution in [2.75, 3.05) is 6.61 Å². The number of aromatic nitrogens is 2. The maximum Gasteiger partial charge on any atom is 0.335 e. The second-order valence-electron chi connectivity index (χ2n) is 6.71. The molecule has 2 aromatic heterocycles. The Kier molecular flexibility index (Phi) is 5.78. The number of hydrogen-bond acceptors (Lipinski definition) is 4. The zero-order valence-corrected chi connectivity index (χ0v) is 16.3. The van der Waals surface area contributed by atoms with Crippen LogP contribution in [0.1, 0.15) is 64.7 Å². The Morgan fingerprint density at radius 3 is 2.68 bits per heavy atom. The molecule has 2 heterocycles. The Bertz CT molecular complexity index is 1020. The molecule has 0 unspecified atom stereocenters. The Balaban J connectivity index is 1.94. The highest BCUT2D eigenvalue weighted by atomic mass is 16.5. The Morgan fingerprint density at radius 1 is 1.21 bits per heavy atom. The summed E-state index contributed by atoms with van der Waals surface area (Å²) in [7, 11) is 0. The quantitative estimate of drug-likeness (QED) is 0.582. The van der Waals surface area contributed by atoms with E-state index in [1.54, 1.807) is 22.6 Å². The molecule has 0 saturated carbocycles. The molecule has 3 aromatic rings. The van der Waals surface area contributed by atoms with Crippen molar-refractivity contribution in [1.82, 2.24) is 9.38 Å². The highest BCUT2D eigenvalue weighted by Crippen LogP contribution is 2.28. The number of rotatable bonds is 8. The molecule has 1 aromatic carbocycles. The summed E-state index contributed by atoms with van der Waals surface area (Å²) in [6, 6.07) is 10.5. The van der Waals surface area contributed by atoms with Crippen LogP contribution in [-0.2, 0) is 0 Å². The van der Waals surface area contributed by atoms with Gasteiger partial charge in [-0.3, -0.25) is 9.20 Å². The van der Waals surface area contributed by atoms with Crippen LogP contribution in [0.2, 0.25) is 0 Å². The molecule has 0 fully saturated rings. The fraction of sp³-hybridized carbons (Fsp3) is 0.318. The van der Waals surface area contributed by atoms with Crippen LogP contribution in [0.4, 0.5) is 0 Å². The van der Waals surface area contributed by atoms with Crippen LogP contribution in [0.15, 0.2) is 42.6 Å². The predicted octanol–water partition coefficient (Wildman–Crippen LogP) is 4.51. The number of carboxylic acid groups (broad SMARTS) is 1. The number of nitrogens with zero attached hydrogens (tertiary/aromatic N) is 2. The minimum atomic E-state index is -0.968. The first kappa shape index (κ1) is 19.6. The lowest BCUT2D eigenvalue weighted by Crippen LogP contribution is -2.11. The standard InChI is InChI=1S/C22H24N2O4/c1-4-15(16-8-6-9-17(12-16)22(26)27)13-18(25)20-14(3)23-21-19(28-5-2)10-7-11-24(20)21/h6-12,15H,4-5,13H2,1-3H3,(H,26,27)/t15-/m1/s1. The van der Waals surface area contributed by atoms with Crippen LogP contribution in [0, 0.1) is 6.92 Å². The van der Waals surface area contributed by atoms with Gasteiger partial charge in [0.25, 0.3) is 0 Å². The number of imidazole rings is 1. The maximum atomic E-state index is 13.2. The number of pyridine rings is 1. The summed E-state index contributed by atoms with van der Waals surface area (Å²) < 4.78 is 7.40. The largest absolute Gasteiger partial charge is 0.490 e. The number of fused-ring (bicyclic) bond motifs is 1. The van der Waals surface area contributed by atoms with E-state index in [0.717, 1.165) is 12.0 Å². The maximum absolute atomic E-state index is 13.2. The zero-order valence-electron chi connectivity index (χ0n) is 16.3. The van der Waals surface area contributed by atoms with Gasteiger partial charge in [-0.25, -0.2) is 9.78 Å². The van der Waals surface area contributed by atoms with Crippen molar-refractivity contribution in [1.29, 1.82) is 0 Å². The first-order valence-electron chi connectivity index (χ1n) is 9.43. The van der Waals surface area contributed by atoms with Gasteiger partial charge in [0.05, 0.1) is 17.9 Å². The summed E-state index contributed by atoms with van der Waals surface area (Å²) in [5, 5.41) is 9.23. The molecule has 0 aliphatic heterocycles. The van der Waals surface area contributed by atoms with E-state index in [1.165, 1.54) is 0 Å². The molecule has 146 valence electrons. The first-order valence-corrected chi connectivity index (χ1v) is 9.43. The molecular weight excluding hydrogens is 356 g/mol. The van der Waals surface area contributed by atoms with Crippen molar-refractivity contribution >= 4 is 17.4 Å². The lowest BCUT2D eigenvalue weighted by Gasteiger charge is -2.15. The number of ketones is 1. The monoisotopic (exact) mass is 380 g/mol. The van der Waals surface area contributed by atoms with Gasteiger partial charge in [0.15, 0.2) is 17.2 Å².